The van der Waals surface area contributed by atoms with E-state index in [0.29, 0.717) is 19.7 Å². The lowest BCUT2D eigenvalue weighted by Crippen LogP contribution is -2.34. The number of aromatic nitrogens is 2. The fourth-order valence-electron chi connectivity index (χ4n) is 2.95. The first kappa shape index (κ1) is 17.4. The third kappa shape index (κ3) is 5.00. The van der Waals surface area contributed by atoms with Gasteiger partial charge in [0.15, 0.2) is 0 Å². The topological polar surface area (TPSA) is 73.2 Å². The Morgan fingerprint density at radius 2 is 2.00 bits per heavy atom. The monoisotopic (exact) mass is 341 g/mol. The second-order valence-corrected chi connectivity index (χ2v) is 6.21. The lowest BCUT2D eigenvalue weighted by molar-refractivity contribution is -0.126. The van der Waals surface area contributed by atoms with Crippen molar-refractivity contribution in [2.24, 2.45) is 0 Å². The molecule has 1 amide bonds. The summed E-state index contributed by atoms with van der Waals surface area (Å²) in [6.45, 7) is 1.14. The highest BCUT2D eigenvalue weighted by atomic mass is 16.5. The zero-order chi connectivity index (χ0) is 17.5. The number of amides is 1. The van der Waals surface area contributed by atoms with E-state index in [2.05, 4.69) is 10.4 Å². The molecule has 6 heteroatoms. The van der Waals surface area contributed by atoms with Gasteiger partial charge in [-0.3, -0.25) is 9.59 Å². The molecule has 1 aromatic heterocycles. The third-order valence-corrected chi connectivity index (χ3v) is 4.26. The minimum atomic E-state index is -0.193. The van der Waals surface area contributed by atoms with Crippen LogP contribution >= 0.6 is 0 Å². The van der Waals surface area contributed by atoms with Crippen molar-refractivity contribution in [1.29, 1.82) is 0 Å². The van der Waals surface area contributed by atoms with Crippen molar-refractivity contribution < 1.29 is 9.53 Å². The van der Waals surface area contributed by atoms with E-state index in [9.17, 15) is 9.59 Å². The first-order chi connectivity index (χ1) is 12.2. The van der Waals surface area contributed by atoms with Gasteiger partial charge in [-0.2, -0.15) is 5.10 Å². The summed E-state index contributed by atoms with van der Waals surface area (Å²) in [6.07, 6.45) is 4.11. The number of fused-ring (bicyclic) bond motifs is 1. The maximum atomic E-state index is 12.1. The predicted molar refractivity (Wildman–Crippen MR) is 94.2 cm³/mol. The van der Waals surface area contributed by atoms with E-state index in [1.54, 1.807) is 6.07 Å². The normalized spacial score (nSPS) is 13.3. The van der Waals surface area contributed by atoms with Gasteiger partial charge in [0.25, 0.3) is 5.56 Å². The first-order valence-corrected chi connectivity index (χ1v) is 8.70. The van der Waals surface area contributed by atoms with E-state index in [4.69, 9.17) is 4.74 Å². The Kier molecular flexibility index (Phi) is 5.95. The first-order valence-electron chi connectivity index (χ1n) is 8.70. The Morgan fingerprint density at radius 3 is 2.84 bits per heavy atom. The lowest BCUT2D eigenvalue weighted by atomic mass is 9.97. The number of carbonyl (C=O) groups excluding carboxylic acids is 1. The van der Waals surface area contributed by atoms with Crippen LogP contribution in [0.1, 0.15) is 29.7 Å². The van der Waals surface area contributed by atoms with Crippen LogP contribution in [-0.2, 0) is 35.5 Å². The molecule has 0 aliphatic heterocycles. The van der Waals surface area contributed by atoms with Gasteiger partial charge in [-0.15, -0.1) is 0 Å². The highest BCUT2D eigenvalue weighted by molar-refractivity contribution is 5.77. The number of nitrogens with one attached hydrogen (secondary N) is 1. The molecule has 1 aliphatic rings. The van der Waals surface area contributed by atoms with Gasteiger partial charge in [0, 0.05) is 12.6 Å². The molecule has 1 aliphatic carbocycles. The Hall–Kier alpha value is -2.47. The van der Waals surface area contributed by atoms with Crippen molar-refractivity contribution >= 4 is 5.91 Å². The Bertz CT molecular complexity index is 771. The molecule has 0 unspecified atom stereocenters. The number of carbonyl (C=O) groups is 1. The maximum Gasteiger partial charge on any atom is 0.267 e. The quantitative estimate of drug-likeness (QED) is 0.827. The smallest absolute Gasteiger partial charge is 0.267 e. The zero-order valence-electron chi connectivity index (χ0n) is 14.2. The molecule has 0 spiro atoms. The molecule has 6 nitrogen and oxygen atoms in total. The van der Waals surface area contributed by atoms with E-state index >= 15 is 0 Å². The number of nitrogens with zero attached hydrogens (tertiary/aromatic N) is 2. The molecule has 25 heavy (non-hydrogen) atoms. The second kappa shape index (κ2) is 8.58. The fraction of sp³-hybridized carbons (Fsp3) is 0.421. The summed E-state index contributed by atoms with van der Waals surface area (Å²) in [6, 6.07) is 11.4. The maximum absolute atomic E-state index is 12.1. The van der Waals surface area contributed by atoms with Crippen LogP contribution in [0, 0.1) is 0 Å². The van der Waals surface area contributed by atoms with Gasteiger partial charge in [0.1, 0.15) is 6.61 Å². The second-order valence-electron chi connectivity index (χ2n) is 6.21. The van der Waals surface area contributed by atoms with Crippen LogP contribution in [-0.4, -0.2) is 28.8 Å². The largest absolute Gasteiger partial charge is 0.367 e. The predicted octanol–water partition coefficient (Wildman–Crippen LogP) is 1.46. The molecule has 1 aromatic carbocycles. The summed E-state index contributed by atoms with van der Waals surface area (Å²) in [4.78, 5) is 23.9. The molecule has 1 heterocycles. The Morgan fingerprint density at radius 1 is 1.20 bits per heavy atom. The van der Waals surface area contributed by atoms with Gasteiger partial charge < -0.3 is 10.1 Å². The van der Waals surface area contributed by atoms with Gasteiger partial charge in [0.2, 0.25) is 5.91 Å². The van der Waals surface area contributed by atoms with Crippen molar-refractivity contribution in [3.63, 3.8) is 0 Å². The van der Waals surface area contributed by atoms with Gasteiger partial charge in [-0.05, 0) is 36.8 Å². The minimum absolute atomic E-state index is 0.00140. The summed E-state index contributed by atoms with van der Waals surface area (Å²) < 4.78 is 6.83. The summed E-state index contributed by atoms with van der Waals surface area (Å²) in [5.74, 6) is -0.193. The van der Waals surface area contributed by atoms with Crippen molar-refractivity contribution in [3.8, 4) is 0 Å². The Balaban J connectivity index is 1.42. The lowest BCUT2D eigenvalue weighted by Gasteiger charge is -2.16. The van der Waals surface area contributed by atoms with Crippen molar-refractivity contribution in [3.05, 3.63) is 63.6 Å². The van der Waals surface area contributed by atoms with E-state index in [0.717, 1.165) is 42.5 Å². The fourth-order valence-corrected chi connectivity index (χ4v) is 2.95. The average molecular weight is 341 g/mol. The molecule has 0 atom stereocenters. The summed E-state index contributed by atoms with van der Waals surface area (Å²) in [5.41, 5.74) is 3.02. The SMILES string of the molecule is O=C(COCc1ccccc1)NCCn1nc2c(cc1=O)CCCC2. The van der Waals surface area contributed by atoms with Crippen LogP contribution in [0.25, 0.3) is 0 Å². The molecule has 0 fully saturated rings. The van der Waals surface area contributed by atoms with Crippen molar-refractivity contribution in [1.82, 2.24) is 15.1 Å². The number of hydrogen-bond donors (Lipinski definition) is 1. The van der Waals surface area contributed by atoms with E-state index < -0.39 is 0 Å². The van der Waals surface area contributed by atoms with Crippen LogP contribution in [0.5, 0.6) is 0 Å². The molecule has 0 saturated carbocycles. The summed E-state index contributed by atoms with van der Waals surface area (Å²) >= 11 is 0. The molecular formula is C19H23N3O3. The van der Waals surface area contributed by atoms with Gasteiger partial charge in [0.05, 0.1) is 18.8 Å². The number of rotatable bonds is 7. The molecule has 0 radical (unpaired) electrons. The van der Waals surface area contributed by atoms with E-state index in [-0.39, 0.29) is 18.1 Å². The number of hydrogen-bond acceptors (Lipinski definition) is 4. The number of ether oxygens (including phenoxy) is 1. The van der Waals surface area contributed by atoms with Crippen LogP contribution in [0.2, 0.25) is 0 Å². The third-order valence-electron chi connectivity index (χ3n) is 4.26. The molecule has 132 valence electrons. The van der Waals surface area contributed by atoms with Gasteiger partial charge in [-0.25, -0.2) is 4.68 Å². The standard InChI is InChI=1S/C19H23N3O3/c23-18(14-25-13-15-6-2-1-3-7-15)20-10-11-22-19(24)12-16-8-4-5-9-17(16)21-22/h1-3,6-7,12H,4-5,8-11,13-14H2,(H,20,23). The minimum Gasteiger partial charge on any atom is -0.367 e. The van der Waals surface area contributed by atoms with Crippen LogP contribution < -0.4 is 10.9 Å². The number of benzene rings is 1. The van der Waals surface area contributed by atoms with Crippen LogP contribution in [0.4, 0.5) is 0 Å². The summed E-state index contributed by atoms with van der Waals surface area (Å²) in [5, 5.41) is 7.19. The van der Waals surface area contributed by atoms with Gasteiger partial charge >= 0.3 is 0 Å². The average Bonchev–Trinajstić information content (AvgIpc) is 2.63. The van der Waals surface area contributed by atoms with Crippen LogP contribution in [0.3, 0.4) is 0 Å². The van der Waals surface area contributed by atoms with E-state index in [1.807, 2.05) is 30.3 Å². The number of aryl methyl sites for hydroxylation is 2. The van der Waals surface area contributed by atoms with Gasteiger partial charge in [-0.1, -0.05) is 30.3 Å². The summed E-state index contributed by atoms with van der Waals surface area (Å²) in [7, 11) is 0. The molecule has 3 rings (SSSR count). The van der Waals surface area contributed by atoms with Crippen molar-refractivity contribution in [2.45, 2.75) is 38.8 Å². The molecule has 1 N–H and O–H groups in total. The molecule has 0 saturated heterocycles. The van der Waals surface area contributed by atoms with Crippen molar-refractivity contribution in [2.75, 3.05) is 13.2 Å². The van der Waals surface area contributed by atoms with E-state index in [1.165, 1.54) is 4.68 Å². The molecule has 2 aromatic rings. The molecular weight excluding hydrogens is 318 g/mol. The zero-order valence-corrected chi connectivity index (χ0v) is 14.2. The van der Waals surface area contributed by atoms with Crippen LogP contribution in [0.15, 0.2) is 41.2 Å². The Labute approximate surface area is 146 Å². The highest BCUT2D eigenvalue weighted by Crippen LogP contribution is 2.16. The molecule has 0 bridgehead atoms. The highest BCUT2D eigenvalue weighted by Gasteiger charge is 2.13.